The van der Waals surface area contributed by atoms with Gasteiger partial charge in [-0.3, -0.25) is 20.4 Å². The number of carbonyl (C=O) groups is 2. The number of rotatable bonds is 5. The van der Waals surface area contributed by atoms with Crippen LogP contribution in [0.3, 0.4) is 0 Å². The summed E-state index contributed by atoms with van der Waals surface area (Å²) >= 11 is 0. The van der Waals surface area contributed by atoms with E-state index in [1.165, 1.54) is 45.8 Å². The lowest BCUT2D eigenvalue weighted by atomic mass is 10.1. The Hall–Kier alpha value is -2.87. The number of halogens is 1. The summed E-state index contributed by atoms with van der Waals surface area (Å²) in [7, 11) is 4.35. The summed E-state index contributed by atoms with van der Waals surface area (Å²) in [6.45, 7) is 0. The summed E-state index contributed by atoms with van der Waals surface area (Å²) in [4.78, 5) is 23.8. The van der Waals surface area contributed by atoms with Crippen LogP contribution in [-0.2, 0) is 0 Å². The van der Waals surface area contributed by atoms with Gasteiger partial charge in [-0.15, -0.1) is 12.4 Å². The quantitative estimate of drug-likeness (QED) is 0.792. The van der Waals surface area contributed by atoms with Gasteiger partial charge in [-0.25, -0.2) is 0 Å². The summed E-state index contributed by atoms with van der Waals surface area (Å²) in [6, 6.07) is 5.97. The minimum absolute atomic E-state index is 0. The number of hydrogen-bond donors (Lipinski definition) is 2. The number of nitrogens with one attached hydrogen (secondary N) is 2. The topological polar surface area (TPSA) is 99.0 Å². The molecule has 0 spiro atoms. The van der Waals surface area contributed by atoms with E-state index in [-0.39, 0.29) is 23.7 Å². The molecule has 0 aliphatic rings. The third-order valence-electron chi connectivity index (χ3n) is 2.96. The maximum atomic E-state index is 12.1. The van der Waals surface area contributed by atoms with E-state index in [2.05, 4.69) is 10.9 Å². The Labute approximate surface area is 144 Å². The molecular weight excluding hydrogens is 340 g/mol. The van der Waals surface area contributed by atoms with Crippen LogP contribution in [-0.4, -0.2) is 33.1 Å². The van der Waals surface area contributed by atoms with E-state index in [0.29, 0.717) is 17.2 Å². The number of hydrazine groups is 1. The van der Waals surface area contributed by atoms with Crippen molar-refractivity contribution in [1.29, 1.82) is 0 Å². The molecule has 0 aliphatic carbocycles. The molecule has 1 heterocycles. The first kappa shape index (κ1) is 19.2. The fourth-order valence-corrected chi connectivity index (χ4v) is 1.87. The number of ether oxygens (including phenoxy) is 3. The average Bonchev–Trinajstić information content (AvgIpc) is 3.12. The largest absolute Gasteiger partial charge is 0.493 e. The van der Waals surface area contributed by atoms with E-state index in [1.807, 2.05) is 0 Å². The number of hydrogen-bond acceptors (Lipinski definition) is 6. The highest BCUT2D eigenvalue weighted by molar-refractivity contribution is 5.98. The Kier molecular flexibility index (Phi) is 6.94. The van der Waals surface area contributed by atoms with Crippen LogP contribution in [0.5, 0.6) is 17.2 Å². The zero-order valence-corrected chi connectivity index (χ0v) is 14.1. The third kappa shape index (κ3) is 4.11. The molecule has 0 fully saturated rings. The predicted octanol–water partition coefficient (Wildman–Crippen LogP) is 1.80. The second kappa shape index (κ2) is 8.68. The maximum absolute atomic E-state index is 12.1. The summed E-state index contributed by atoms with van der Waals surface area (Å²) < 4.78 is 20.4. The van der Waals surface area contributed by atoms with Crippen LogP contribution in [0.25, 0.3) is 0 Å². The van der Waals surface area contributed by atoms with Gasteiger partial charge >= 0.3 is 5.91 Å². The third-order valence-corrected chi connectivity index (χ3v) is 2.96. The van der Waals surface area contributed by atoms with E-state index >= 15 is 0 Å². The summed E-state index contributed by atoms with van der Waals surface area (Å²) in [5.41, 5.74) is 4.74. The van der Waals surface area contributed by atoms with Crippen LogP contribution in [0.4, 0.5) is 0 Å². The molecule has 0 unspecified atom stereocenters. The van der Waals surface area contributed by atoms with E-state index in [4.69, 9.17) is 18.6 Å². The highest BCUT2D eigenvalue weighted by Crippen LogP contribution is 2.38. The average molecular weight is 357 g/mol. The first-order valence-corrected chi connectivity index (χ1v) is 6.55. The van der Waals surface area contributed by atoms with E-state index in [9.17, 15) is 9.59 Å². The van der Waals surface area contributed by atoms with Crippen LogP contribution < -0.4 is 25.1 Å². The molecule has 9 heteroatoms. The van der Waals surface area contributed by atoms with Crippen molar-refractivity contribution in [1.82, 2.24) is 10.9 Å². The molecule has 2 N–H and O–H groups in total. The fourth-order valence-electron chi connectivity index (χ4n) is 1.87. The second-order valence-electron chi connectivity index (χ2n) is 4.30. The number of furan rings is 1. The van der Waals surface area contributed by atoms with Gasteiger partial charge in [0.15, 0.2) is 17.3 Å². The number of benzene rings is 1. The van der Waals surface area contributed by atoms with Crippen molar-refractivity contribution in [2.45, 2.75) is 0 Å². The molecule has 0 saturated carbocycles. The molecule has 0 aliphatic heterocycles. The van der Waals surface area contributed by atoms with Crippen LogP contribution in [0.1, 0.15) is 20.9 Å². The highest BCUT2D eigenvalue weighted by Gasteiger charge is 2.17. The van der Waals surface area contributed by atoms with E-state index in [0.717, 1.165) is 0 Å². The molecule has 0 atom stereocenters. The minimum atomic E-state index is -0.573. The number of methoxy groups -OCH3 is 3. The van der Waals surface area contributed by atoms with Gasteiger partial charge in [-0.1, -0.05) is 0 Å². The Bertz CT molecular complexity index is 677. The van der Waals surface area contributed by atoms with Crippen molar-refractivity contribution < 1.29 is 28.2 Å². The van der Waals surface area contributed by atoms with Gasteiger partial charge in [0, 0.05) is 5.56 Å². The number of amides is 2. The molecule has 2 aromatic rings. The molecule has 0 saturated heterocycles. The molecule has 8 nitrogen and oxygen atoms in total. The van der Waals surface area contributed by atoms with Gasteiger partial charge in [0.1, 0.15) is 0 Å². The first-order chi connectivity index (χ1) is 11.1. The van der Waals surface area contributed by atoms with Gasteiger partial charge in [0.25, 0.3) is 5.91 Å². The second-order valence-corrected chi connectivity index (χ2v) is 4.30. The Morgan fingerprint density at radius 2 is 1.54 bits per heavy atom. The van der Waals surface area contributed by atoms with Crippen molar-refractivity contribution in [3.8, 4) is 17.2 Å². The lowest BCUT2D eigenvalue weighted by molar-refractivity contribution is 0.0830. The lowest BCUT2D eigenvalue weighted by Gasteiger charge is -2.14. The molecule has 0 radical (unpaired) electrons. The molecule has 2 amide bonds. The van der Waals surface area contributed by atoms with E-state index in [1.54, 1.807) is 6.07 Å². The minimum Gasteiger partial charge on any atom is -0.493 e. The standard InChI is InChI=1S/C15H16N2O6.ClH/c1-20-11-7-9(8-12(21-2)13(11)22-3)14(18)16-17-15(19)10-5-4-6-23-10;/h4-8H,1-3H3,(H,16,18)(H,17,19);1H. The zero-order valence-electron chi connectivity index (χ0n) is 13.2. The molecule has 1 aromatic carbocycles. The normalized spacial score (nSPS) is 9.46. The maximum Gasteiger partial charge on any atom is 0.305 e. The monoisotopic (exact) mass is 356 g/mol. The SMILES string of the molecule is COc1cc(C(=O)NNC(=O)c2ccco2)cc(OC)c1OC.Cl. The van der Waals surface area contributed by atoms with Gasteiger partial charge in [0.05, 0.1) is 27.6 Å². The van der Waals surface area contributed by atoms with Crippen molar-refractivity contribution >= 4 is 24.2 Å². The highest BCUT2D eigenvalue weighted by atomic mass is 35.5. The number of carbonyl (C=O) groups excluding carboxylic acids is 2. The molecule has 130 valence electrons. The van der Waals surface area contributed by atoms with Crippen molar-refractivity contribution in [3.63, 3.8) is 0 Å². The Balaban J connectivity index is 0.00000288. The Morgan fingerprint density at radius 3 is 2.00 bits per heavy atom. The fraction of sp³-hybridized carbons (Fsp3) is 0.200. The van der Waals surface area contributed by atoms with Crippen LogP contribution >= 0.6 is 12.4 Å². The lowest BCUT2D eigenvalue weighted by Crippen LogP contribution is -2.41. The predicted molar refractivity (Wildman–Crippen MR) is 87.0 cm³/mol. The van der Waals surface area contributed by atoms with Crippen molar-refractivity contribution in [2.75, 3.05) is 21.3 Å². The zero-order chi connectivity index (χ0) is 16.8. The van der Waals surface area contributed by atoms with Crippen molar-refractivity contribution in [3.05, 3.63) is 41.9 Å². The molecule has 24 heavy (non-hydrogen) atoms. The summed E-state index contributed by atoms with van der Waals surface area (Å²) in [5, 5.41) is 0. The Morgan fingerprint density at radius 1 is 0.958 bits per heavy atom. The van der Waals surface area contributed by atoms with E-state index < -0.39 is 11.8 Å². The van der Waals surface area contributed by atoms with Gasteiger partial charge in [-0.05, 0) is 24.3 Å². The van der Waals surface area contributed by atoms with Crippen LogP contribution in [0.15, 0.2) is 34.9 Å². The van der Waals surface area contributed by atoms with Crippen molar-refractivity contribution in [2.24, 2.45) is 0 Å². The summed E-state index contributed by atoms with van der Waals surface area (Å²) in [5.74, 6) is -0.0231. The molecular formula is C15H17ClN2O6. The van der Waals surface area contributed by atoms with Gasteiger partial charge in [0.2, 0.25) is 5.75 Å². The van der Waals surface area contributed by atoms with Gasteiger partial charge in [-0.2, -0.15) is 0 Å². The van der Waals surface area contributed by atoms with Crippen LogP contribution in [0.2, 0.25) is 0 Å². The molecule has 1 aromatic heterocycles. The first-order valence-electron chi connectivity index (χ1n) is 6.55. The van der Waals surface area contributed by atoms with Crippen LogP contribution in [0, 0.1) is 0 Å². The molecule has 0 bridgehead atoms. The smallest absolute Gasteiger partial charge is 0.305 e. The van der Waals surface area contributed by atoms with Gasteiger partial charge < -0.3 is 18.6 Å². The summed E-state index contributed by atoms with van der Waals surface area (Å²) in [6.07, 6.45) is 1.36. The molecule has 2 rings (SSSR count).